The largest absolute Gasteiger partial charge is 0.458 e. The van der Waals surface area contributed by atoms with Crippen LogP contribution >= 0.6 is 11.6 Å². The second-order valence-corrected chi connectivity index (χ2v) is 7.41. The van der Waals surface area contributed by atoms with Crippen LogP contribution in [0.15, 0.2) is 61.2 Å². The molecule has 2 aliphatic rings. The average molecular weight is 411 g/mol. The molecule has 0 saturated carbocycles. The Morgan fingerprint density at radius 2 is 1.90 bits per heavy atom. The van der Waals surface area contributed by atoms with Crippen molar-refractivity contribution in [3.05, 3.63) is 77.3 Å². The number of hydrogen-bond acceptors (Lipinski definition) is 4. The summed E-state index contributed by atoms with van der Waals surface area (Å²) in [5, 5.41) is 0.581. The van der Waals surface area contributed by atoms with Gasteiger partial charge in [-0.25, -0.2) is 4.79 Å². The fourth-order valence-electron chi connectivity index (χ4n) is 3.97. The van der Waals surface area contributed by atoms with E-state index in [1.165, 1.54) is 9.80 Å². The first-order valence-electron chi connectivity index (χ1n) is 9.25. The summed E-state index contributed by atoms with van der Waals surface area (Å²) in [7, 11) is 0. The van der Waals surface area contributed by atoms with Crippen LogP contribution in [0.3, 0.4) is 0 Å². The van der Waals surface area contributed by atoms with E-state index in [9.17, 15) is 14.4 Å². The Kier molecular flexibility index (Phi) is 4.88. The van der Waals surface area contributed by atoms with E-state index in [2.05, 4.69) is 6.58 Å². The van der Waals surface area contributed by atoms with Crippen LogP contribution in [0, 0.1) is 0 Å². The normalized spacial score (nSPS) is 20.3. The van der Waals surface area contributed by atoms with E-state index < -0.39 is 11.6 Å². The zero-order valence-corrected chi connectivity index (χ0v) is 16.4. The van der Waals surface area contributed by atoms with Crippen molar-refractivity contribution in [2.75, 3.05) is 11.4 Å². The van der Waals surface area contributed by atoms with Crippen molar-refractivity contribution in [2.45, 2.75) is 25.1 Å². The van der Waals surface area contributed by atoms with Gasteiger partial charge in [0, 0.05) is 24.4 Å². The number of anilines is 1. The summed E-state index contributed by atoms with van der Waals surface area (Å²) in [6.45, 7) is 3.84. The number of halogens is 1. The summed E-state index contributed by atoms with van der Waals surface area (Å²) in [5.74, 6) is -1.18. The number of carbonyl (C=O) groups excluding carboxylic acids is 3. The highest BCUT2D eigenvalue weighted by molar-refractivity contribution is 6.30. The Morgan fingerprint density at radius 1 is 1.17 bits per heavy atom. The minimum absolute atomic E-state index is 0.0115. The zero-order valence-electron chi connectivity index (χ0n) is 15.6. The number of amides is 2. The lowest BCUT2D eigenvalue weighted by Crippen LogP contribution is -2.68. The minimum atomic E-state index is -1.51. The van der Waals surface area contributed by atoms with E-state index in [0.717, 1.165) is 5.56 Å². The van der Waals surface area contributed by atoms with E-state index in [1.54, 1.807) is 54.6 Å². The molecule has 0 aliphatic carbocycles. The Bertz CT molecular complexity index is 1000. The topological polar surface area (TPSA) is 66.9 Å². The molecule has 0 unspecified atom stereocenters. The lowest BCUT2D eigenvalue weighted by Gasteiger charge is -2.48. The third-order valence-corrected chi connectivity index (χ3v) is 5.55. The number of benzene rings is 2. The van der Waals surface area contributed by atoms with Crippen molar-refractivity contribution in [2.24, 2.45) is 0 Å². The van der Waals surface area contributed by atoms with Crippen molar-refractivity contribution >= 4 is 35.1 Å². The van der Waals surface area contributed by atoms with Gasteiger partial charge in [0.15, 0.2) is 0 Å². The van der Waals surface area contributed by atoms with Gasteiger partial charge in [-0.2, -0.15) is 0 Å². The molecule has 4 rings (SSSR count). The van der Waals surface area contributed by atoms with Crippen LogP contribution in [0.4, 0.5) is 5.69 Å². The van der Waals surface area contributed by atoms with Crippen molar-refractivity contribution in [1.82, 2.24) is 4.90 Å². The quantitative estimate of drug-likeness (QED) is 0.558. The van der Waals surface area contributed by atoms with Crippen LogP contribution in [-0.2, 0) is 20.9 Å². The minimum Gasteiger partial charge on any atom is -0.458 e. The number of nitrogens with zero attached hydrogens (tertiary/aromatic N) is 2. The Morgan fingerprint density at radius 3 is 2.62 bits per heavy atom. The summed E-state index contributed by atoms with van der Waals surface area (Å²) in [6, 6.07) is 13.7. The molecule has 1 saturated heterocycles. The summed E-state index contributed by atoms with van der Waals surface area (Å²) >= 11 is 5.90. The van der Waals surface area contributed by atoms with Gasteiger partial charge in [0.1, 0.15) is 6.61 Å². The number of para-hydroxylation sites is 1. The molecule has 1 atom stereocenters. The fraction of sp³-hybridized carbons (Fsp3) is 0.227. The highest BCUT2D eigenvalue weighted by atomic mass is 35.5. The molecule has 148 valence electrons. The first-order chi connectivity index (χ1) is 14.0. The van der Waals surface area contributed by atoms with Crippen molar-refractivity contribution in [1.29, 1.82) is 0 Å². The van der Waals surface area contributed by atoms with Crippen LogP contribution in [0.5, 0.6) is 0 Å². The number of hydrogen-bond donors (Lipinski definition) is 0. The number of fused-ring (bicyclic) bond motifs is 3. The third kappa shape index (κ3) is 3.00. The standard InChI is InChI=1S/C22H19ClN2O4/c1-2-13-24-20(27)17-5-3-4-6-18(17)25-19(26)11-12-22(24,25)21(28)29-14-15-7-9-16(23)10-8-15/h2-10H,1,11-14H2/t22-/m0/s1. The molecule has 0 N–H and O–H groups in total. The van der Waals surface area contributed by atoms with Crippen molar-refractivity contribution < 1.29 is 19.1 Å². The van der Waals surface area contributed by atoms with Gasteiger partial charge in [0.05, 0.1) is 11.3 Å². The summed E-state index contributed by atoms with van der Waals surface area (Å²) < 4.78 is 5.60. The summed E-state index contributed by atoms with van der Waals surface area (Å²) in [6.07, 6.45) is 1.85. The molecule has 29 heavy (non-hydrogen) atoms. The Labute approximate surface area is 173 Å². The smallest absolute Gasteiger partial charge is 0.354 e. The molecule has 0 spiro atoms. The van der Waals surface area contributed by atoms with Crippen LogP contribution in [0.2, 0.25) is 5.02 Å². The predicted octanol–water partition coefficient (Wildman–Crippen LogP) is 3.55. The monoisotopic (exact) mass is 410 g/mol. The van der Waals surface area contributed by atoms with E-state index in [4.69, 9.17) is 16.3 Å². The molecule has 0 aromatic heterocycles. The molecule has 0 bridgehead atoms. The van der Waals surface area contributed by atoms with Gasteiger partial charge in [-0.05, 0) is 29.8 Å². The van der Waals surface area contributed by atoms with Crippen molar-refractivity contribution in [3.8, 4) is 0 Å². The van der Waals surface area contributed by atoms with Gasteiger partial charge in [0.25, 0.3) is 5.91 Å². The lowest BCUT2D eigenvalue weighted by atomic mass is 9.96. The summed E-state index contributed by atoms with van der Waals surface area (Å²) in [4.78, 5) is 42.1. The van der Waals surface area contributed by atoms with E-state index >= 15 is 0 Å². The van der Waals surface area contributed by atoms with Crippen LogP contribution in [-0.4, -0.2) is 34.9 Å². The number of rotatable bonds is 5. The molecule has 2 aromatic rings. The maximum absolute atomic E-state index is 13.4. The van der Waals surface area contributed by atoms with Crippen LogP contribution in [0.1, 0.15) is 28.8 Å². The first-order valence-corrected chi connectivity index (χ1v) is 9.63. The molecular weight excluding hydrogens is 392 g/mol. The molecule has 2 heterocycles. The first kappa shape index (κ1) is 19.2. The van der Waals surface area contributed by atoms with Gasteiger partial charge in [0.2, 0.25) is 11.6 Å². The third-order valence-electron chi connectivity index (χ3n) is 5.30. The molecule has 2 amide bonds. The molecule has 7 heteroatoms. The van der Waals surface area contributed by atoms with Gasteiger partial charge in [-0.3, -0.25) is 14.5 Å². The lowest BCUT2D eigenvalue weighted by molar-refractivity contribution is -0.158. The molecule has 6 nitrogen and oxygen atoms in total. The molecule has 2 aromatic carbocycles. The Balaban J connectivity index is 1.74. The number of ether oxygens (including phenoxy) is 1. The van der Waals surface area contributed by atoms with Gasteiger partial charge < -0.3 is 9.64 Å². The maximum atomic E-state index is 13.4. The zero-order chi connectivity index (χ0) is 20.6. The van der Waals surface area contributed by atoms with Crippen LogP contribution in [0.25, 0.3) is 0 Å². The molecular formula is C22H19ClN2O4. The van der Waals surface area contributed by atoms with E-state index in [1.807, 2.05) is 0 Å². The van der Waals surface area contributed by atoms with E-state index in [-0.39, 0.29) is 37.8 Å². The van der Waals surface area contributed by atoms with Gasteiger partial charge in [-0.1, -0.05) is 41.9 Å². The van der Waals surface area contributed by atoms with Gasteiger partial charge >= 0.3 is 5.97 Å². The van der Waals surface area contributed by atoms with E-state index in [0.29, 0.717) is 16.3 Å². The average Bonchev–Trinajstić information content (AvgIpc) is 3.09. The number of esters is 1. The fourth-order valence-corrected chi connectivity index (χ4v) is 4.10. The van der Waals surface area contributed by atoms with Crippen LogP contribution < -0.4 is 4.90 Å². The predicted molar refractivity (Wildman–Crippen MR) is 108 cm³/mol. The number of carbonyl (C=O) groups is 3. The summed E-state index contributed by atoms with van der Waals surface area (Å²) in [5.41, 5.74) is 0.0608. The highest BCUT2D eigenvalue weighted by Crippen LogP contribution is 2.45. The SMILES string of the molecule is C=CCN1C(=O)c2ccccc2N2C(=O)CC[C@]12C(=O)OCc1ccc(Cl)cc1. The molecule has 0 radical (unpaired) electrons. The maximum Gasteiger partial charge on any atom is 0.354 e. The molecule has 1 fully saturated rings. The van der Waals surface area contributed by atoms with Gasteiger partial charge in [-0.15, -0.1) is 6.58 Å². The second-order valence-electron chi connectivity index (χ2n) is 6.97. The highest BCUT2D eigenvalue weighted by Gasteiger charge is 2.61. The second kappa shape index (κ2) is 7.37. The molecule has 2 aliphatic heterocycles. The van der Waals surface area contributed by atoms with Crippen molar-refractivity contribution in [3.63, 3.8) is 0 Å². The Hall–Kier alpha value is -3.12.